The van der Waals surface area contributed by atoms with Crippen molar-refractivity contribution in [2.75, 3.05) is 11.5 Å². The molecule has 0 saturated heterocycles. The van der Waals surface area contributed by atoms with Crippen LogP contribution in [0.25, 0.3) is 0 Å². The summed E-state index contributed by atoms with van der Waals surface area (Å²) >= 11 is 0. The van der Waals surface area contributed by atoms with Crippen LogP contribution in [0.15, 0.2) is 52.3 Å². The number of nitrogens with two attached hydrogens (primary N) is 2. The lowest BCUT2D eigenvalue weighted by molar-refractivity contribution is 0.0746. The molecule has 0 radical (unpaired) electrons. The molecule has 0 aliphatic carbocycles. The lowest BCUT2D eigenvalue weighted by Crippen LogP contribution is -2.14. The molecule has 128 valence electrons. The summed E-state index contributed by atoms with van der Waals surface area (Å²) in [4.78, 5) is 10.4. The molecular weight excluding hydrogens is 360 g/mol. The summed E-state index contributed by atoms with van der Waals surface area (Å²) in [6.07, 6.45) is 0. The second-order valence-corrected chi connectivity index (χ2v) is 7.63. The largest absolute Gasteiger partial charge is 0.399 e. The fourth-order valence-corrected chi connectivity index (χ4v) is 3.28. The van der Waals surface area contributed by atoms with E-state index in [1.807, 2.05) is 0 Å². The molecule has 11 heteroatoms. The van der Waals surface area contributed by atoms with Crippen LogP contribution in [0, 0.1) is 0 Å². The van der Waals surface area contributed by atoms with E-state index in [1.54, 1.807) is 0 Å². The van der Waals surface area contributed by atoms with Crippen molar-refractivity contribution in [3.05, 3.63) is 48.0 Å². The number of carbonyl (C=O) groups excluding carboxylic acids is 1. The first-order chi connectivity index (χ1) is 11.0. The third kappa shape index (κ3) is 4.01. The normalized spacial score (nSPS) is 11.9. The van der Waals surface area contributed by atoms with Gasteiger partial charge in [-0.05, 0) is 42.5 Å². The van der Waals surface area contributed by atoms with E-state index in [1.165, 1.54) is 24.3 Å². The van der Waals surface area contributed by atoms with Crippen molar-refractivity contribution in [1.82, 2.24) is 0 Å². The van der Waals surface area contributed by atoms with Gasteiger partial charge in [-0.15, -0.1) is 0 Å². The zero-order valence-electron chi connectivity index (χ0n) is 11.9. The fraction of sp³-hybridized carbons (Fsp3) is 0. The second-order valence-electron chi connectivity index (χ2n) is 4.66. The minimum Gasteiger partial charge on any atom is -0.399 e. The van der Waals surface area contributed by atoms with Crippen LogP contribution in [0.2, 0.25) is 0 Å². The van der Waals surface area contributed by atoms with E-state index in [4.69, 9.17) is 16.0 Å². The highest BCUT2D eigenvalue weighted by atomic mass is 32.2. The lowest BCUT2D eigenvalue weighted by Gasteiger charge is -2.08. The van der Waals surface area contributed by atoms with E-state index >= 15 is 0 Å². The third-order valence-corrected chi connectivity index (χ3v) is 4.84. The minimum absolute atomic E-state index is 0.0771. The van der Waals surface area contributed by atoms with E-state index in [9.17, 15) is 21.6 Å². The Labute approximate surface area is 137 Å². The smallest absolute Gasteiger partial charge is 0.354 e. The number of nitrogen functional groups attached to an aromatic ring is 2. The molecule has 5 N–H and O–H groups in total. The highest BCUT2D eigenvalue weighted by Gasteiger charge is 2.24. The molecule has 0 aliphatic heterocycles. The molecule has 24 heavy (non-hydrogen) atoms. The van der Waals surface area contributed by atoms with Crippen LogP contribution in [0.4, 0.5) is 11.4 Å². The van der Waals surface area contributed by atoms with Crippen LogP contribution in [0.5, 0.6) is 0 Å². The van der Waals surface area contributed by atoms with Crippen LogP contribution in [0.3, 0.4) is 0 Å². The van der Waals surface area contributed by atoms with E-state index in [-0.39, 0.29) is 11.3 Å². The Hall–Kier alpha value is -2.63. The van der Waals surface area contributed by atoms with Crippen molar-refractivity contribution < 1.29 is 30.4 Å². The van der Waals surface area contributed by atoms with Crippen LogP contribution in [-0.4, -0.2) is 27.4 Å². The first-order valence-corrected chi connectivity index (χ1v) is 9.06. The van der Waals surface area contributed by atoms with E-state index in [0.717, 1.165) is 12.1 Å². The maximum Gasteiger partial charge on any atom is 0.354 e. The monoisotopic (exact) mass is 372 g/mol. The summed E-state index contributed by atoms with van der Waals surface area (Å²) in [5.41, 5.74) is 10.9. The maximum atomic E-state index is 12.1. The standard InChI is InChI=1S/C13H12N2O7S2/c14-9-3-1-8(2-4-9)13(16)22-24(20,21)12-6-10(15)5-11(7-12)23(17,18)19/h1-7H,14-15H2,(H,17,18,19). The summed E-state index contributed by atoms with van der Waals surface area (Å²) in [6, 6.07) is 7.64. The molecule has 0 unspecified atom stereocenters. The predicted octanol–water partition coefficient (Wildman–Crippen LogP) is 0.643. The Morgan fingerprint density at radius 1 is 0.875 bits per heavy atom. The minimum atomic E-state index is -4.69. The Balaban J connectivity index is 2.39. The highest BCUT2D eigenvalue weighted by Crippen LogP contribution is 2.22. The SMILES string of the molecule is Nc1ccc(C(=O)OS(=O)(=O)c2cc(N)cc(S(=O)(=O)O)c2)cc1. The molecule has 0 amide bonds. The molecule has 2 aromatic carbocycles. The molecule has 0 aliphatic rings. The van der Waals surface area contributed by atoms with E-state index < -0.39 is 36.0 Å². The third-order valence-electron chi connectivity index (χ3n) is 2.82. The molecule has 0 atom stereocenters. The molecule has 2 rings (SSSR count). The highest BCUT2D eigenvalue weighted by molar-refractivity contribution is 7.87. The Morgan fingerprint density at radius 2 is 1.42 bits per heavy atom. The summed E-state index contributed by atoms with van der Waals surface area (Å²) in [6.45, 7) is 0. The Kier molecular flexibility index (Phi) is 4.51. The van der Waals surface area contributed by atoms with Gasteiger partial charge in [0.15, 0.2) is 0 Å². The van der Waals surface area contributed by atoms with Crippen molar-refractivity contribution >= 4 is 37.6 Å². The van der Waals surface area contributed by atoms with Crippen LogP contribution in [0.1, 0.15) is 10.4 Å². The second kappa shape index (κ2) is 6.11. The summed E-state index contributed by atoms with van der Waals surface area (Å²) < 4.78 is 59.9. The molecule has 9 nitrogen and oxygen atoms in total. The number of anilines is 2. The molecule has 2 aromatic rings. The number of hydrogen-bond donors (Lipinski definition) is 3. The van der Waals surface area contributed by atoms with Gasteiger partial charge in [0.2, 0.25) is 0 Å². The van der Waals surface area contributed by atoms with Gasteiger partial charge in [0.25, 0.3) is 10.1 Å². The van der Waals surface area contributed by atoms with Gasteiger partial charge in [-0.25, -0.2) is 4.79 Å². The molecule has 0 saturated carbocycles. The molecule has 0 aromatic heterocycles. The van der Waals surface area contributed by atoms with Crippen molar-refractivity contribution in [2.45, 2.75) is 9.79 Å². The summed E-state index contributed by atoms with van der Waals surface area (Å²) in [5, 5.41) is 0. The molecular formula is C13H12N2O7S2. The predicted molar refractivity (Wildman–Crippen MR) is 84.1 cm³/mol. The van der Waals surface area contributed by atoms with Gasteiger partial charge in [0, 0.05) is 11.4 Å². The van der Waals surface area contributed by atoms with Crippen LogP contribution < -0.4 is 11.5 Å². The van der Waals surface area contributed by atoms with Gasteiger partial charge in [-0.2, -0.15) is 16.8 Å². The van der Waals surface area contributed by atoms with Gasteiger partial charge in [-0.3, -0.25) is 4.55 Å². The lowest BCUT2D eigenvalue weighted by atomic mass is 10.2. The van der Waals surface area contributed by atoms with E-state index in [0.29, 0.717) is 11.8 Å². The van der Waals surface area contributed by atoms with Crippen molar-refractivity contribution in [2.24, 2.45) is 0 Å². The Morgan fingerprint density at radius 3 is 1.96 bits per heavy atom. The van der Waals surface area contributed by atoms with E-state index in [2.05, 4.69) is 4.18 Å². The Bertz CT molecular complexity index is 997. The maximum absolute atomic E-state index is 12.1. The van der Waals surface area contributed by atoms with Gasteiger partial charge in [0.1, 0.15) is 4.90 Å². The van der Waals surface area contributed by atoms with Crippen LogP contribution in [-0.2, 0) is 24.4 Å². The average molecular weight is 372 g/mol. The zero-order valence-corrected chi connectivity index (χ0v) is 13.5. The summed E-state index contributed by atoms with van der Waals surface area (Å²) in [5.74, 6) is -1.19. The van der Waals surface area contributed by atoms with Crippen molar-refractivity contribution in [3.63, 3.8) is 0 Å². The average Bonchev–Trinajstić information content (AvgIpc) is 2.46. The number of hydrogen-bond acceptors (Lipinski definition) is 8. The summed E-state index contributed by atoms with van der Waals surface area (Å²) in [7, 11) is -9.35. The number of benzene rings is 2. The molecule has 0 heterocycles. The molecule has 0 bridgehead atoms. The number of carbonyl (C=O) groups is 1. The molecule has 0 spiro atoms. The van der Waals surface area contributed by atoms with Gasteiger partial charge in [0.05, 0.1) is 10.5 Å². The number of rotatable bonds is 4. The quantitative estimate of drug-likeness (QED) is 0.396. The van der Waals surface area contributed by atoms with Gasteiger partial charge < -0.3 is 15.7 Å². The zero-order chi connectivity index (χ0) is 18.1. The van der Waals surface area contributed by atoms with Crippen LogP contribution >= 0.6 is 0 Å². The topological polar surface area (TPSA) is 167 Å². The van der Waals surface area contributed by atoms with Gasteiger partial charge in [-0.1, -0.05) is 0 Å². The van der Waals surface area contributed by atoms with Crippen molar-refractivity contribution in [3.8, 4) is 0 Å². The first kappa shape index (κ1) is 17.7. The first-order valence-electron chi connectivity index (χ1n) is 6.21. The fourth-order valence-electron chi connectivity index (χ4n) is 1.70. The van der Waals surface area contributed by atoms with Gasteiger partial charge >= 0.3 is 16.1 Å². The molecule has 0 fully saturated rings. The van der Waals surface area contributed by atoms with Crippen molar-refractivity contribution in [1.29, 1.82) is 0 Å².